The highest BCUT2D eigenvalue weighted by atomic mass is 35.5. The normalized spacial score (nSPS) is 21.9. The predicted octanol–water partition coefficient (Wildman–Crippen LogP) is 4.21. The summed E-state index contributed by atoms with van der Waals surface area (Å²) in [6.07, 6.45) is 10.2. The van der Waals surface area contributed by atoms with Crippen molar-refractivity contribution in [3.8, 4) is 0 Å². The van der Waals surface area contributed by atoms with Gasteiger partial charge in [-0.05, 0) is 56.6 Å². The minimum atomic E-state index is -3.78. The van der Waals surface area contributed by atoms with Crippen LogP contribution in [-0.2, 0) is 10.0 Å². The van der Waals surface area contributed by atoms with E-state index >= 15 is 0 Å². The molecule has 0 aromatic heterocycles. The second kappa shape index (κ2) is 9.96. The maximum Gasteiger partial charge on any atom is 0.253 e. The maximum atomic E-state index is 12.9. The molecule has 2 aliphatic carbocycles. The van der Waals surface area contributed by atoms with Gasteiger partial charge in [0.25, 0.3) is 5.91 Å². The average molecular weight is 488 g/mol. The zero-order valence-corrected chi connectivity index (χ0v) is 20.0. The second-order valence-corrected chi connectivity index (χ2v) is 11.7. The third kappa shape index (κ3) is 6.14. The van der Waals surface area contributed by atoms with Crippen molar-refractivity contribution in [1.82, 2.24) is 14.9 Å². The van der Waals surface area contributed by atoms with Gasteiger partial charge in [0.05, 0.1) is 15.6 Å². The predicted molar refractivity (Wildman–Crippen MR) is 123 cm³/mol. The number of sulfonamides is 1. The molecule has 1 amide bonds. The molecule has 1 saturated heterocycles. The van der Waals surface area contributed by atoms with Crippen molar-refractivity contribution in [3.63, 3.8) is 0 Å². The minimum absolute atomic E-state index is 0.0192. The third-order valence-corrected chi connectivity index (χ3v) is 8.92. The van der Waals surface area contributed by atoms with E-state index in [0.717, 1.165) is 44.7 Å². The van der Waals surface area contributed by atoms with Crippen LogP contribution in [0, 0.1) is 5.92 Å². The Balaban J connectivity index is 1.35. The van der Waals surface area contributed by atoms with Gasteiger partial charge in [-0.3, -0.25) is 4.79 Å². The lowest BCUT2D eigenvalue weighted by atomic mass is 9.88. The molecule has 1 aliphatic heterocycles. The number of halogens is 2. The Kier molecular flexibility index (Phi) is 7.48. The number of nitrogens with zero attached hydrogens (tertiary/aromatic N) is 1. The van der Waals surface area contributed by atoms with E-state index in [-0.39, 0.29) is 38.5 Å². The van der Waals surface area contributed by atoms with Gasteiger partial charge in [-0.1, -0.05) is 42.5 Å². The number of hydrogen-bond acceptors (Lipinski definition) is 4. The first-order valence-electron chi connectivity index (χ1n) is 11.4. The van der Waals surface area contributed by atoms with Crippen LogP contribution in [0.2, 0.25) is 10.0 Å². The second-order valence-electron chi connectivity index (χ2n) is 9.21. The molecular weight excluding hydrogens is 457 g/mol. The number of nitrogens with one attached hydrogen (secondary N) is 2. The van der Waals surface area contributed by atoms with Crippen molar-refractivity contribution in [1.29, 1.82) is 0 Å². The number of benzene rings is 1. The molecule has 1 aromatic rings. The van der Waals surface area contributed by atoms with E-state index in [2.05, 4.69) is 14.9 Å². The Morgan fingerprint density at radius 2 is 1.61 bits per heavy atom. The third-order valence-electron chi connectivity index (χ3n) is 6.62. The van der Waals surface area contributed by atoms with E-state index < -0.39 is 10.0 Å². The smallest absolute Gasteiger partial charge is 0.253 e. The average Bonchev–Trinajstić information content (AvgIpc) is 3.53. The largest absolute Gasteiger partial charge is 0.349 e. The van der Waals surface area contributed by atoms with Gasteiger partial charge in [0.2, 0.25) is 10.0 Å². The summed E-state index contributed by atoms with van der Waals surface area (Å²) in [4.78, 5) is 15.3. The number of piperidine rings is 1. The van der Waals surface area contributed by atoms with Crippen molar-refractivity contribution in [2.45, 2.75) is 74.8 Å². The molecule has 172 valence electrons. The summed E-state index contributed by atoms with van der Waals surface area (Å²) in [5.74, 6) is 0.465. The number of carbonyl (C=O) groups excluding carboxylic acids is 1. The van der Waals surface area contributed by atoms with E-state index in [1.54, 1.807) is 0 Å². The number of amides is 1. The lowest BCUT2D eigenvalue weighted by Gasteiger charge is -2.35. The number of hydrogen-bond donors (Lipinski definition) is 2. The summed E-state index contributed by atoms with van der Waals surface area (Å²) < 4.78 is 27.8. The SMILES string of the molecule is O=C(NC1CCN(CC2CCCCC2)CC1)c1cc(S(=O)(=O)NC2CC2)c(Cl)cc1Cl. The molecule has 1 heterocycles. The van der Waals surface area contributed by atoms with Crippen molar-refractivity contribution in [2.75, 3.05) is 19.6 Å². The topological polar surface area (TPSA) is 78.5 Å². The molecule has 9 heteroatoms. The van der Waals surface area contributed by atoms with Gasteiger partial charge in [0.15, 0.2) is 0 Å². The van der Waals surface area contributed by atoms with Gasteiger partial charge in [-0.15, -0.1) is 0 Å². The first kappa shape index (κ1) is 23.3. The fourth-order valence-electron chi connectivity index (χ4n) is 4.65. The maximum absolute atomic E-state index is 12.9. The van der Waals surface area contributed by atoms with Crippen LogP contribution in [-0.4, -0.2) is 50.9 Å². The zero-order chi connectivity index (χ0) is 22.0. The molecular formula is C22H31Cl2N3O3S. The molecule has 0 bridgehead atoms. The molecule has 3 fully saturated rings. The molecule has 0 spiro atoms. The zero-order valence-electron chi connectivity index (χ0n) is 17.7. The summed E-state index contributed by atoms with van der Waals surface area (Å²) in [5, 5.41) is 3.22. The summed E-state index contributed by atoms with van der Waals surface area (Å²) in [7, 11) is -3.78. The Morgan fingerprint density at radius 1 is 0.935 bits per heavy atom. The fraction of sp³-hybridized carbons (Fsp3) is 0.682. The van der Waals surface area contributed by atoms with Crippen LogP contribution < -0.4 is 10.0 Å². The van der Waals surface area contributed by atoms with E-state index in [9.17, 15) is 13.2 Å². The molecule has 0 atom stereocenters. The number of rotatable bonds is 7. The van der Waals surface area contributed by atoms with Crippen LogP contribution in [0.1, 0.15) is 68.1 Å². The molecule has 6 nitrogen and oxygen atoms in total. The summed E-state index contributed by atoms with van der Waals surface area (Å²) in [6, 6.07) is 2.65. The van der Waals surface area contributed by atoms with Crippen LogP contribution in [0.5, 0.6) is 0 Å². The molecule has 31 heavy (non-hydrogen) atoms. The summed E-state index contributed by atoms with van der Waals surface area (Å²) in [5.41, 5.74) is 0.145. The van der Waals surface area contributed by atoms with Crippen molar-refractivity contribution >= 4 is 39.1 Å². The lowest BCUT2D eigenvalue weighted by molar-refractivity contribution is 0.0901. The van der Waals surface area contributed by atoms with E-state index in [0.29, 0.717) is 0 Å². The highest BCUT2D eigenvalue weighted by molar-refractivity contribution is 7.89. The standard InChI is InChI=1S/C22H31Cl2N3O3S/c23-19-13-20(24)21(31(29,30)26-17-6-7-17)12-18(19)22(28)25-16-8-10-27(11-9-16)14-15-4-2-1-3-5-15/h12-13,15-17,26H,1-11,14H2,(H,25,28). The van der Waals surface area contributed by atoms with Crippen LogP contribution in [0.15, 0.2) is 17.0 Å². The highest BCUT2D eigenvalue weighted by Gasteiger charge is 2.31. The Hall–Kier alpha value is -0.860. The summed E-state index contributed by atoms with van der Waals surface area (Å²) >= 11 is 12.4. The summed E-state index contributed by atoms with van der Waals surface area (Å²) in [6.45, 7) is 3.11. The molecule has 2 saturated carbocycles. The van der Waals surface area contributed by atoms with Crippen molar-refractivity contribution in [2.24, 2.45) is 5.92 Å². The Bertz CT molecular complexity index is 907. The van der Waals surface area contributed by atoms with Gasteiger partial charge < -0.3 is 10.2 Å². The Morgan fingerprint density at radius 3 is 2.26 bits per heavy atom. The fourth-order valence-corrected chi connectivity index (χ4v) is 6.81. The van der Waals surface area contributed by atoms with E-state index in [1.165, 1.54) is 50.8 Å². The van der Waals surface area contributed by atoms with Crippen LogP contribution >= 0.6 is 23.2 Å². The van der Waals surface area contributed by atoms with Crippen molar-refractivity contribution < 1.29 is 13.2 Å². The quantitative estimate of drug-likeness (QED) is 0.603. The molecule has 3 aliphatic rings. The van der Waals surface area contributed by atoms with E-state index in [1.807, 2.05) is 0 Å². The van der Waals surface area contributed by atoms with Crippen LogP contribution in [0.4, 0.5) is 0 Å². The molecule has 0 unspecified atom stereocenters. The first-order valence-corrected chi connectivity index (χ1v) is 13.6. The van der Waals surface area contributed by atoms with Gasteiger partial charge >= 0.3 is 0 Å². The Labute approximate surface area is 195 Å². The van der Waals surface area contributed by atoms with Crippen LogP contribution in [0.3, 0.4) is 0 Å². The van der Waals surface area contributed by atoms with E-state index in [4.69, 9.17) is 23.2 Å². The number of carbonyl (C=O) groups is 1. The first-order chi connectivity index (χ1) is 14.8. The van der Waals surface area contributed by atoms with Gasteiger partial charge in [0.1, 0.15) is 4.90 Å². The molecule has 2 N–H and O–H groups in total. The molecule has 0 radical (unpaired) electrons. The van der Waals surface area contributed by atoms with Crippen molar-refractivity contribution in [3.05, 3.63) is 27.7 Å². The minimum Gasteiger partial charge on any atom is -0.349 e. The van der Waals surface area contributed by atoms with Gasteiger partial charge in [-0.2, -0.15) is 0 Å². The molecule has 1 aromatic carbocycles. The number of likely N-dealkylation sites (tertiary alicyclic amines) is 1. The van der Waals surface area contributed by atoms with Gasteiger partial charge in [0, 0.05) is 31.7 Å². The highest BCUT2D eigenvalue weighted by Crippen LogP contribution is 2.31. The monoisotopic (exact) mass is 487 g/mol. The lowest BCUT2D eigenvalue weighted by Crippen LogP contribution is -2.46. The van der Waals surface area contributed by atoms with Gasteiger partial charge in [-0.25, -0.2) is 13.1 Å². The van der Waals surface area contributed by atoms with Crippen LogP contribution in [0.25, 0.3) is 0 Å². The molecule has 4 rings (SSSR count).